The van der Waals surface area contributed by atoms with E-state index in [0.29, 0.717) is 24.7 Å². The first-order chi connectivity index (χ1) is 15.0. The molecule has 9 heteroatoms. The molecule has 0 saturated heterocycles. The van der Waals surface area contributed by atoms with Crippen LogP contribution in [-0.2, 0) is 9.53 Å². The molecule has 1 aromatic carbocycles. The fourth-order valence-electron chi connectivity index (χ4n) is 3.04. The number of rotatable bonds is 9. The number of anilines is 2. The summed E-state index contributed by atoms with van der Waals surface area (Å²) in [5, 5.41) is 10.2. The van der Waals surface area contributed by atoms with Crippen molar-refractivity contribution < 1.29 is 14.3 Å². The normalized spacial score (nSPS) is 10.5. The van der Waals surface area contributed by atoms with E-state index in [1.54, 1.807) is 6.92 Å². The number of carbonyl (C=O) groups excluding carboxylic acids is 2. The highest BCUT2D eigenvalue weighted by Gasteiger charge is 2.21. The summed E-state index contributed by atoms with van der Waals surface area (Å²) in [7, 11) is 0. The van der Waals surface area contributed by atoms with Gasteiger partial charge < -0.3 is 15.4 Å². The van der Waals surface area contributed by atoms with E-state index in [0.717, 1.165) is 17.1 Å². The molecule has 3 rings (SSSR count). The summed E-state index contributed by atoms with van der Waals surface area (Å²) in [6.45, 7) is 6.31. The molecule has 31 heavy (non-hydrogen) atoms. The van der Waals surface area contributed by atoms with Gasteiger partial charge in [-0.1, -0.05) is 18.2 Å². The molecule has 2 N–H and O–H groups in total. The first-order valence-corrected chi connectivity index (χ1v) is 10.1. The average molecular weight is 422 g/mol. The van der Waals surface area contributed by atoms with Gasteiger partial charge in [-0.2, -0.15) is 5.10 Å². The molecule has 0 saturated carbocycles. The van der Waals surface area contributed by atoms with Gasteiger partial charge >= 0.3 is 5.97 Å². The molecule has 3 aromatic rings. The van der Waals surface area contributed by atoms with Crippen LogP contribution >= 0.6 is 0 Å². The number of aryl methyl sites for hydroxylation is 2. The molecule has 0 fully saturated rings. The van der Waals surface area contributed by atoms with Crippen molar-refractivity contribution in [2.24, 2.45) is 0 Å². The fourth-order valence-corrected chi connectivity index (χ4v) is 3.04. The lowest BCUT2D eigenvalue weighted by atomic mass is 10.2. The van der Waals surface area contributed by atoms with Gasteiger partial charge in [0.15, 0.2) is 5.82 Å². The zero-order valence-electron chi connectivity index (χ0n) is 17.9. The van der Waals surface area contributed by atoms with Gasteiger partial charge in [0.25, 0.3) is 0 Å². The van der Waals surface area contributed by atoms with Gasteiger partial charge in [-0.05, 0) is 45.4 Å². The van der Waals surface area contributed by atoms with Gasteiger partial charge in [0.1, 0.15) is 5.56 Å². The van der Waals surface area contributed by atoms with Crippen LogP contribution in [0.2, 0.25) is 0 Å². The van der Waals surface area contributed by atoms with E-state index in [1.165, 1.54) is 10.9 Å². The summed E-state index contributed by atoms with van der Waals surface area (Å²) in [6.07, 6.45) is 2.22. The van der Waals surface area contributed by atoms with E-state index in [9.17, 15) is 9.59 Å². The number of esters is 1. The van der Waals surface area contributed by atoms with Crippen LogP contribution in [0.25, 0.3) is 5.69 Å². The van der Waals surface area contributed by atoms with E-state index in [1.807, 2.05) is 50.2 Å². The maximum absolute atomic E-state index is 12.6. The molecule has 0 aliphatic rings. The van der Waals surface area contributed by atoms with E-state index in [2.05, 4.69) is 25.7 Å². The lowest BCUT2D eigenvalue weighted by Gasteiger charge is -2.11. The number of amides is 1. The van der Waals surface area contributed by atoms with Gasteiger partial charge in [-0.25, -0.2) is 19.4 Å². The zero-order valence-corrected chi connectivity index (χ0v) is 17.9. The van der Waals surface area contributed by atoms with Crippen molar-refractivity contribution in [2.45, 2.75) is 33.6 Å². The highest BCUT2D eigenvalue weighted by molar-refractivity contribution is 6.00. The Hall–Kier alpha value is -3.75. The SMILES string of the molecule is CCOC(=O)c1cnn(-c2ccccc2)c1NC(=O)CCCNc1nc(C)cc(C)n1. The number of hydrogen-bond acceptors (Lipinski definition) is 7. The molecule has 0 atom stereocenters. The van der Waals surface area contributed by atoms with Gasteiger partial charge in [-0.15, -0.1) is 0 Å². The number of nitrogens with one attached hydrogen (secondary N) is 2. The van der Waals surface area contributed by atoms with Crippen molar-refractivity contribution in [1.82, 2.24) is 19.7 Å². The topological polar surface area (TPSA) is 111 Å². The van der Waals surface area contributed by atoms with E-state index in [-0.39, 0.29) is 24.5 Å². The minimum atomic E-state index is -0.534. The Labute approximate surface area is 180 Å². The molecule has 0 aliphatic heterocycles. The van der Waals surface area contributed by atoms with E-state index in [4.69, 9.17) is 4.74 Å². The second kappa shape index (κ2) is 10.3. The van der Waals surface area contributed by atoms with Crippen molar-refractivity contribution in [3.05, 3.63) is 59.5 Å². The highest BCUT2D eigenvalue weighted by Crippen LogP contribution is 2.21. The summed E-state index contributed by atoms with van der Waals surface area (Å²) < 4.78 is 6.62. The summed E-state index contributed by atoms with van der Waals surface area (Å²) in [4.78, 5) is 33.5. The molecular weight excluding hydrogens is 396 g/mol. The van der Waals surface area contributed by atoms with Gasteiger partial charge in [0, 0.05) is 24.4 Å². The lowest BCUT2D eigenvalue weighted by Crippen LogP contribution is -2.19. The predicted octanol–water partition coefficient (Wildman–Crippen LogP) is 3.29. The maximum Gasteiger partial charge on any atom is 0.343 e. The average Bonchev–Trinajstić information content (AvgIpc) is 3.15. The van der Waals surface area contributed by atoms with Crippen molar-refractivity contribution in [1.29, 1.82) is 0 Å². The number of hydrogen-bond donors (Lipinski definition) is 2. The number of nitrogens with zero attached hydrogens (tertiary/aromatic N) is 4. The van der Waals surface area contributed by atoms with Crippen LogP contribution in [0.5, 0.6) is 0 Å². The number of para-hydroxylation sites is 1. The van der Waals surface area contributed by atoms with Crippen LogP contribution in [0.3, 0.4) is 0 Å². The van der Waals surface area contributed by atoms with Crippen LogP contribution in [0, 0.1) is 13.8 Å². The van der Waals surface area contributed by atoms with Gasteiger partial charge in [0.2, 0.25) is 11.9 Å². The Kier molecular flexibility index (Phi) is 7.31. The summed E-state index contributed by atoms with van der Waals surface area (Å²) in [5.41, 5.74) is 2.70. The van der Waals surface area contributed by atoms with Crippen molar-refractivity contribution >= 4 is 23.6 Å². The van der Waals surface area contributed by atoms with E-state index < -0.39 is 5.97 Å². The van der Waals surface area contributed by atoms with Gasteiger partial charge in [0.05, 0.1) is 18.5 Å². The van der Waals surface area contributed by atoms with E-state index >= 15 is 0 Å². The molecule has 2 aromatic heterocycles. The Morgan fingerprint density at radius 2 is 1.81 bits per heavy atom. The summed E-state index contributed by atoms with van der Waals surface area (Å²) >= 11 is 0. The van der Waals surface area contributed by atoms with Gasteiger partial charge in [-0.3, -0.25) is 4.79 Å². The summed E-state index contributed by atoms with van der Waals surface area (Å²) in [6, 6.07) is 11.2. The van der Waals surface area contributed by atoms with Crippen molar-refractivity contribution in [2.75, 3.05) is 23.8 Å². The quantitative estimate of drug-likeness (QED) is 0.402. The first kappa shape index (κ1) is 21.9. The third-order valence-electron chi connectivity index (χ3n) is 4.37. The standard InChI is InChI=1S/C22H26N6O3/c1-4-31-21(30)18-14-24-28(17-9-6-5-7-10-17)20(18)27-19(29)11-8-12-23-22-25-15(2)13-16(3)26-22/h5-7,9-10,13-14H,4,8,11-12H2,1-3H3,(H,27,29)(H,23,25,26). The largest absolute Gasteiger partial charge is 0.462 e. The monoisotopic (exact) mass is 422 g/mol. The Morgan fingerprint density at radius 1 is 1.10 bits per heavy atom. The van der Waals surface area contributed by atoms with Crippen LogP contribution in [0.15, 0.2) is 42.6 Å². The Balaban J connectivity index is 1.65. The molecule has 9 nitrogen and oxygen atoms in total. The number of benzene rings is 1. The summed E-state index contributed by atoms with van der Waals surface area (Å²) in [5.74, 6) is 0.0740. The number of carbonyl (C=O) groups is 2. The molecule has 1 amide bonds. The molecule has 0 radical (unpaired) electrons. The minimum Gasteiger partial charge on any atom is -0.462 e. The van der Waals surface area contributed by atoms with Crippen LogP contribution in [0.1, 0.15) is 41.5 Å². The fraction of sp³-hybridized carbons (Fsp3) is 0.318. The Bertz CT molecular complexity index is 1030. The molecule has 162 valence electrons. The molecule has 2 heterocycles. The van der Waals surface area contributed by atoms with Crippen LogP contribution in [0.4, 0.5) is 11.8 Å². The first-order valence-electron chi connectivity index (χ1n) is 10.1. The zero-order chi connectivity index (χ0) is 22.2. The Morgan fingerprint density at radius 3 is 2.48 bits per heavy atom. The smallest absolute Gasteiger partial charge is 0.343 e. The number of ether oxygens (including phenoxy) is 1. The molecule has 0 spiro atoms. The lowest BCUT2D eigenvalue weighted by molar-refractivity contribution is -0.116. The highest BCUT2D eigenvalue weighted by atomic mass is 16.5. The van der Waals surface area contributed by atoms with Crippen LogP contribution in [-0.4, -0.2) is 44.8 Å². The predicted molar refractivity (Wildman–Crippen MR) is 117 cm³/mol. The molecule has 0 bridgehead atoms. The maximum atomic E-state index is 12.6. The third-order valence-corrected chi connectivity index (χ3v) is 4.37. The number of aromatic nitrogens is 4. The second-order valence-electron chi connectivity index (χ2n) is 6.93. The van der Waals surface area contributed by atoms with Crippen LogP contribution < -0.4 is 10.6 Å². The van der Waals surface area contributed by atoms with Crippen molar-refractivity contribution in [3.63, 3.8) is 0 Å². The molecule has 0 aliphatic carbocycles. The molecule has 0 unspecified atom stereocenters. The third kappa shape index (κ3) is 5.88. The van der Waals surface area contributed by atoms with Crippen molar-refractivity contribution in [3.8, 4) is 5.69 Å². The molecular formula is C22H26N6O3. The minimum absolute atomic E-state index is 0.209. The second-order valence-corrected chi connectivity index (χ2v) is 6.93.